The summed E-state index contributed by atoms with van der Waals surface area (Å²) < 4.78 is 11.8. The number of hydrogen-bond acceptors (Lipinski definition) is 5. The van der Waals surface area contributed by atoms with Gasteiger partial charge in [0.2, 0.25) is 5.91 Å². The van der Waals surface area contributed by atoms with Gasteiger partial charge in [-0.1, -0.05) is 0 Å². The van der Waals surface area contributed by atoms with Crippen LogP contribution in [0.3, 0.4) is 0 Å². The summed E-state index contributed by atoms with van der Waals surface area (Å²) in [4.78, 5) is 19.0. The second-order valence-electron chi connectivity index (χ2n) is 6.94. The monoisotopic (exact) mass is 425 g/mol. The zero-order valence-electron chi connectivity index (χ0n) is 15.7. The van der Waals surface area contributed by atoms with Crippen molar-refractivity contribution in [3.63, 3.8) is 0 Å². The summed E-state index contributed by atoms with van der Waals surface area (Å²) in [7, 11) is 3.37. The zero-order valence-corrected chi connectivity index (χ0v) is 17.3. The molecule has 0 spiro atoms. The molecule has 2 aliphatic heterocycles. The summed E-state index contributed by atoms with van der Waals surface area (Å²) in [6.45, 7) is 7.01. The van der Waals surface area contributed by atoms with Crippen LogP contribution in [-0.4, -0.2) is 80.6 Å². The van der Waals surface area contributed by atoms with Crippen LogP contribution in [-0.2, 0) is 11.3 Å². The lowest BCUT2D eigenvalue weighted by atomic mass is 10.1. The molecule has 0 saturated carbocycles. The van der Waals surface area contributed by atoms with Crippen LogP contribution in [0, 0.1) is 0 Å². The minimum atomic E-state index is 0.287. The number of methoxy groups -OCH3 is 2. The van der Waals surface area contributed by atoms with Crippen molar-refractivity contribution in [3.05, 3.63) is 22.2 Å². The molecule has 2 saturated heterocycles. The molecule has 6 nitrogen and oxygen atoms in total. The average Bonchev–Trinajstić information content (AvgIpc) is 3.19. The summed E-state index contributed by atoms with van der Waals surface area (Å²) >= 11 is 3.50. The van der Waals surface area contributed by atoms with Gasteiger partial charge in [-0.3, -0.25) is 14.6 Å². The van der Waals surface area contributed by atoms with E-state index in [1.54, 1.807) is 14.2 Å². The minimum Gasteiger partial charge on any atom is -0.496 e. The number of rotatable bonds is 6. The van der Waals surface area contributed by atoms with Crippen LogP contribution in [0.5, 0.6) is 11.5 Å². The average molecular weight is 426 g/mol. The van der Waals surface area contributed by atoms with Crippen molar-refractivity contribution in [3.8, 4) is 11.5 Å². The van der Waals surface area contributed by atoms with Gasteiger partial charge in [0, 0.05) is 51.4 Å². The van der Waals surface area contributed by atoms with Crippen LogP contribution < -0.4 is 9.47 Å². The summed E-state index contributed by atoms with van der Waals surface area (Å²) in [5, 5.41) is 0. The predicted molar refractivity (Wildman–Crippen MR) is 105 cm³/mol. The van der Waals surface area contributed by atoms with E-state index in [1.807, 2.05) is 17.0 Å². The molecule has 0 radical (unpaired) electrons. The van der Waals surface area contributed by atoms with Gasteiger partial charge in [0.25, 0.3) is 0 Å². The number of carbonyl (C=O) groups is 1. The minimum absolute atomic E-state index is 0.287. The number of hydrogen-bond donors (Lipinski definition) is 0. The number of piperazine rings is 1. The number of carbonyl (C=O) groups excluding carboxylic acids is 1. The standard InChI is InChI=1S/C19H28BrN3O3/c1-25-17-12-16(20)18(26-2)11-15(17)13-21-7-9-22(10-8-21)14-19(24)23-5-3-4-6-23/h11-12H,3-10,13-14H2,1-2H3. The molecule has 144 valence electrons. The Morgan fingerprint density at radius 3 is 2.19 bits per heavy atom. The Labute approximate surface area is 164 Å². The molecule has 0 atom stereocenters. The Balaban J connectivity index is 1.53. The second-order valence-corrected chi connectivity index (χ2v) is 7.79. The van der Waals surface area contributed by atoms with E-state index >= 15 is 0 Å². The van der Waals surface area contributed by atoms with E-state index in [0.29, 0.717) is 6.54 Å². The van der Waals surface area contributed by atoms with E-state index in [0.717, 1.165) is 80.2 Å². The Hall–Kier alpha value is -1.31. The Morgan fingerprint density at radius 2 is 1.58 bits per heavy atom. The Morgan fingerprint density at radius 1 is 0.962 bits per heavy atom. The third kappa shape index (κ3) is 4.69. The van der Waals surface area contributed by atoms with Gasteiger partial charge in [0.15, 0.2) is 0 Å². The van der Waals surface area contributed by atoms with Gasteiger partial charge >= 0.3 is 0 Å². The molecule has 3 rings (SSSR count). The summed E-state index contributed by atoms with van der Waals surface area (Å²) in [6.07, 6.45) is 2.30. The first-order chi connectivity index (χ1) is 12.6. The van der Waals surface area contributed by atoms with E-state index in [2.05, 4.69) is 25.7 Å². The number of ether oxygens (including phenoxy) is 2. The molecule has 26 heavy (non-hydrogen) atoms. The van der Waals surface area contributed by atoms with Crippen molar-refractivity contribution < 1.29 is 14.3 Å². The lowest BCUT2D eigenvalue weighted by molar-refractivity contribution is -0.131. The van der Waals surface area contributed by atoms with Crippen LogP contribution in [0.1, 0.15) is 18.4 Å². The largest absolute Gasteiger partial charge is 0.496 e. The van der Waals surface area contributed by atoms with E-state index in [4.69, 9.17) is 9.47 Å². The van der Waals surface area contributed by atoms with Crippen LogP contribution >= 0.6 is 15.9 Å². The van der Waals surface area contributed by atoms with E-state index < -0.39 is 0 Å². The summed E-state index contributed by atoms with van der Waals surface area (Å²) in [5.74, 6) is 1.97. The number of amides is 1. The molecule has 1 aromatic carbocycles. The first kappa shape index (κ1) is 19.5. The van der Waals surface area contributed by atoms with Crippen molar-refractivity contribution in [2.75, 3.05) is 60.0 Å². The fourth-order valence-electron chi connectivity index (χ4n) is 3.65. The zero-order chi connectivity index (χ0) is 18.5. The molecule has 0 unspecified atom stereocenters. The molecular formula is C19H28BrN3O3. The summed E-state index contributed by atoms with van der Waals surface area (Å²) in [5.41, 5.74) is 1.12. The molecule has 0 N–H and O–H groups in total. The third-order valence-electron chi connectivity index (χ3n) is 5.23. The smallest absolute Gasteiger partial charge is 0.236 e. The molecule has 0 bridgehead atoms. The lowest BCUT2D eigenvalue weighted by Crippen LogP contribution is -2.49. The highest BCUT2D eigenvalue weighted by molar-refractivity contribution is 9.10. The van der Waals surface area contributed by atoms with E-state index in [1.165, 1.54) is 0 Å². The quantitative estimate of drug-likeness (QED) is 0.698. The van der Waals surface area contributed by atoms with Crippen LogP contribution in [0.15, 0.2) is 16.6 Å². The van der Waals surface area contributed by atoms with Gasteiger partial charge in [-0.05, 0) is 40.9 Å². The maximum Gasteiger partial charge on any atom is 0.236 e. The van der Waals surface area contributed by atoms with E-state index in [-0.39, 0.29) is 5.91 Å². The normalized spacial score (nSPS) is 19.0. The predicted octanol–water partition coefficient (Wildman–Crippen LogP) is 2.21. The summed E-state index contributed by atoms with van der Waals surface area (Å²) in [6, 6.07) is 3.99. The van der Waals surface area contributed by atoms with Crippen molar-refractivity contribution >= 4 is 21.8 Å². The topological polar surface area (TPSA) is 45.2 Å². The molecule has 1 aromatic rings. The van der Waals surface area contributed by atoms with Crippen molar-refractivity contribution in [2.45, 2.75) is 19.4 Å². The van der Waals surface area contributed by atoms with Crippen LogP contribution in [0.2, 0.25) is 0 Å². The molecule has 7 heteroatoms. The number of benzene rings is 1. The number of nitrogens with zero attached hydrogens (tertiary/aromatic N) is 3. The number of halogens is 1. The molecule has 1 amide bonds. The number of likely N-dealkylation sites (tertiary alicyclic amines) is 1. The van der Waals surface area contributed by atoms with Gasteiger partial charge in [-0.25, -0.2) is 0 Å². The first-order valence-corrected chi connectivity index (χ1v) is 10.0. The fourth-order valence-corrected chi connectivity index (χ4v) is 4.14. The van der Waals surface area contributed by atoms with Gasteiger partial charge in [0.1, 0.15) is 11.5 Å². The molecule has 2 heterocycles. The second kappa shape index (κ2) is 9.06. The van der Waals surface area contributed by atoms with Gasteiger partial charge in [-0.2, -0.15) is 0 Å². The Kier molecular flexibility index (Phi) is 6.78. The fraction of sp³-hybridized carbons (Fsp3) is 0.632. The first-order valence-electron chi connectivity index (χ1n) is 9.23. The van der Waals surface area contributed by atoms with Crippen LogP contribution in [0.25, 0.3) is 0 Å². The molecule has 2 fully saturated rings. The molecule has 2 aliphatic rings. The Bertz CT molecular complexity index is 627. The molecule has 0 aliphatic carbocycles. The van der Waals surface area contributed by atoms with E-state index in [9.17, 15) is 4.79 Å². The molecule has 0 aromatic heterocycles. The highest BCUT2D eigenvalue weighted by atomic mass is 79.9. The highest BCUT2D eigenvalue weighted by Gasteiger charge is 2.24. The van der Waals surface area contributed by atoms with Gasteiger partial charge < -0.3 is 14.4 Å². The van der Waals surface area contributed by atoms with Crippen molar-refractivity contribution in [1.29, 1.82) is 0 Å². The third-order valence-corrected chi connectivity index (χ3v) is 5.85. The molecular weight excluding hydrogens is 398 g/mol. The van der Waals surface area contributed by atoms with Gasteiger partial charge in [-0.15, -0.1) is 0 Å². The van der Waals surface area contributed by atoms with Crippen molar-refractivity contribution in [1.82, 2.24) is 14.7 Å². The highest BCUT2D eigenvalue weighted by Crippen LogP contribution is 2.33. The van der Waals surface area contributed by atoms with Gasteiger partial charge in [0.05, 0.1) is 25.2 Å². The maximum atomic E-state index is 12.3. The van der Waals surface area contributed by atoms with Crippen LogP contribution in [0.4, 0.5) is 0 Å². The van der Waals surface area contributed by atoms with Crippen molar-refractivity contribution in [2.24, 2.45) is 0 Å². The SMILES string of the molecule is COc1cc(CN2CCN(CC(=O)N3CCCC3)CC2)c(OC)cc1Br. The maximum absolute atomic E-state index is 12.3. The lowest BCUT2D eigenvalue weighted by Gasteiger charge is -2.35.